The first kappa shape index (κ1) is 16.7. The van der Waals surface area contributed by atoms with E-state index in [0.717, 1.165) is 11.9 Å². The Morgan fingerprint density at radius 1 is 1.00 bits per heavy atom. The van der Waals surface area contributed by atoms with E-state index in [2.05, 4.69) is 9.97 Å². The number of nitrogens with zero attached hydrogens (tertiary/aromatic N) is 3. The van der Waals surface area contributed by atoms with Gasteiger partial charge >= 0.3 is 11.6 Å². The summed E-state index contributed by atoms with van der Waals surface area (Å²) in [5, 5.41) is 10.8. The Balaban J connectivity index is 1.69. The number of halogens is 1. The summed E-state index contributed by atoms with van der Waals surface area (Å²) in [5.41, 5.74) is 0.572. The molecule has 0 aliphatic rings. The molecule has 0 atom stereocenters. The predicted octanol–water partition coefficient (Wildman–Crippen LogP) is 4.41. The second kappa shape index (κ2) is 7.59. The van der Waals surface area contributed by atoms with Gasteiger partial charge in [-0.3, -0.25) is 10.1 Å². The molecule has 3 rings (SSSR count). The molecule has 2 aromatic carbocycles. The van der Waals surface area contributed by atoms with Crippen molar-refractivity contribution >= 4 is 17.3 Å². The first-order valence-electron chi connectivity index (χ1n) is 7.23. The van der Waals surface area contributed by atoms with Crippen molar-refractivity contribution in [2.24, 2.45) is 0 Å². The van der Waals surface area contributed by atoms with Crippen molar-refractivity contribution in [2.45, 2.75) is 6.61 Å². The molecule has 0 radical (unpaired) electrons. The van der Waals surface area contributed by atoms with Crippen LogP contribution in [0.25, 0.3) is 0 Å². The summed E-state index contributed by atoms with van der Waals surface area (Å²) < 4.78 is 11.1. The second-order valence-electron chi connectivity index (χ2n) is 4.92. The van der Waals surface area contributed by atoms with Crippen LogP contribution >= 0.6 is 11.6 Å². The molecule has 7 nitrogen and oxygen atoms in total. The quantitative estimate of drug-likeness (QED) is 0.369. The maximum atomic E-state index is 11.0. The molecule has 0 saturated carbocycles. The van der Waals surface area contributed by atoms with Crippen LogP contribution in [0.3, 0.4) is 0 Å². The van der Waals surface area contributed by atoms with Gasteiger partial charge in [0.15, 0.2) is 0 Å². The van der Waals surface area contributed by atoms with Crippen LogP contribution in [0.1, 0.15) is 5.56 Å². The molecule has 0 N–H and O–H groups in total. The first-order valence-corrected chi connectivity index (χ1v) is 7.61. The van der Waals surface area contributed by atoms with Crippen LogP contribution < -0.4 is 9.47 Å². The minimum atomic E-state index is -0.686. The SMILES string of the molecule is O=[N+]([O-])c1c(Cl)ncnc1Oc1ccc(OCc2ccccc2)cc1. The average Bonchev–Trinajstić information content (AvgIpc) is 2.62. The van der Waals surface area contributed by atoms with Crippen LogP contribution in [-0.4, -0.2) is 14.9 Å². The van der Waals surface area contributed by atoms with Crippen molar-refractivity contribution < 1.29 is 14.4 Å². The van der Waals surface area contributed by atoms with Crippen molar-refractivity contribution in [1.82, 2.24) is 9.97 Å². The number of hydrogen-bond acceptors (Lipinski definition) is 6. The molecule has 0 aliphatic carbocycles. The number of nitro groups is 1. The zero-order valence-corrected chi connectivity index (χ0v) is 13.6. The molecule has 0 spiro atoms. The van der Waals surface area contributed by atoms with E-state index in [0.29, 0.717) is 18.1 Å². The van der Waals surface area contributed by atoms with E-state index in [-0.39, 0.29) is 11.0 Å². The van der Waals surface area contributed by atoms with Gasteiger partial charge in [0.25, 0.3) is 0 Å². The van der Waals surface area contributed by atoms with Crippen LogP contribution in [0.4, 0.5) is 5.69 Å². The molecule has 0 amide bonds. The fourth-order valence-corrected chi connectivity index (χ4v) is 2.22. The van der Waals surface area contributed by atoms with E-state index in [1.807, 2.05) is 30.3 Å². The highest BCUT2D eigenvalue weighted by Gasteiger charge is 2.23. The highest BCUT2D eigenvalue weighted by atomic mass is 35.5. The zero-order valence-electron chi connectivity index (χ0n) is 12.8. The van der Waals surface area contributed by atoms with E-state index >= 15 is 0 Å². The summed E-state index contributed by atoms with van der Waals surface area (Å²) in [6, 6.07) is 16.4. The van der Waals surface area contributed by atoms with Gasteiger partial charge < -0.3 is 9.47 Å². The summed E-state index contributed by atoms with van der Waals surface area (Å²) in [7, 11) is 0. The van der Waals surface area contributed by atoms with Crippen LogP contribution in [0.2, 0.25) is 5.15 Å². The second-order valence-corrected chi connectivity index (χ2v) is 5.28. The molecule has 0 fully saturated rings. The molecular formula is C17H12ClN3O4. The molecule has 25 heavy (non-hydrogen) atoms. The highest BCUT2D eigenvalue weighted by molar-refractivity contribution is 6.31. The molecule has 0 bridgehead atoms. The topological polar surface area (TPSA) is 87.4 Å². The summed E-state index contributed by atoms with van der Waals surface area (Å²) in [6.07, 6.45) is 1.10. The minimum absolute atomic E-state index is 0.219. The van der Waals surface area contributed by atoms with Crippen LogP contribution in [-0.2, 0) is 6.61 Å². The van der Waals surface area contributed by atoms with Crippen molar-refractivity contribution in [2.75, 3.05) is 0 Å². The lowest BCUT2D eigenvalue weighted by atomic mass is 10.2. The van der Waals surface area contributed by atoms with E-state index in [1.54, 1.807) is 24.3 Å². The lowest BCUT2D eigenvalue weighted by Gasteiger charge is -2.08. The third-order valence-electron chi connectivity index (χ3n) is 3.21. The van der Waals surface area contributed by atoms with Gasteiger partial charge in [0.2, 0.25) is 5.15 Å². The van der Waals surface area contributed by atoms with Crippen LogP contribution in [0.5, 0.6) is 17.4 Å². The molecule has 3 aromatic rings. The van der Waals surface area contributed by atoms with Gasteiger partial charge in [-0.2, -0.15) is 4.98 Å². The average molecular weight is 358 g/mol. The smallest absolute Gasteiger partial charge is 0.368 e. The standard InChI is InChI=1S/C17H12ClN3O4/c18-16-15(21(22)23)17(20-11-19-16)25-14-8-6-13(7-9-14)24-10-12-4-2-1-3-5-12/h1-9,11H,10H2. The lowest BCUT2D eigenvalue weighted by molar-refractivity contribution is -0.386. The van der Waals surface area contributed by atoms with E-state index in [9.17, 15) is 10.1 Å². The summed E-state index contributed by atoms with van der Waals surface area (Å²) >= 11 is 5.72. The third-order valence-corrected chi connectivity index (χ3v) is 3.49. The number of rotatable bonds is 6. The fraction of sp³-hybridized carbons (Fsp3) is 0.0588. The van der Waals surface area contributed by atoms with Gasteiger partial charge in [-0.25, -0.2) is 4.98 Å². The van der Waals surface area contributed by atoms with Gasteiger partial charge in [-0.15, -0.1) is 0 Å². The monoisotopic (exact) mass is 357 g/mol. The first-order chi connectivity index (χ1) is 12.1. The Bertz CT molecular complexity index is 873. The molecule has 8 heteroatoms. The van der Waals surface area contributed by atoms with Gasteiger partial charge in [0.05, 0.1) is 4.92 Å². The van der Waals surface area contributed by atoms with Crippen molar-refractivity contribution in [1.29, 1.82) is 0 Å². The third kappa shape index (κ3) is 4.21. The molecule has 0 saturated heterocycles. The van der Waals surface area contributed by atoms with E-state index in [1.165, 1.54) is 0 Å². The number of hydrogen-bond donors (Lipinski definition) is 0. The summed E-state index contributed by atoms with van der Waals surface area (Å²) in [4.78, 5) is 17.7. The van der Waals surface area contributed by atoms with Gasteiger partial charge in [-0.1, -0.05) is 41.9 Å². The Labute approximate surface area is 148 Å². The minimum Gasteiger partial charge on any atom is -0.489 e. The predicted molar refractivity (Wildman–Crippen MR) is 91.0 cm³/mol. The Kier molecular flexibility index (Phi) is 5.06. The van der Waals surface area contributed by atoms with Crippen molar-refractivity contribution in [3.05, 3.63) is 81.8 Å². The highest BCUT2D eigenvalue weighted by Crippen LogP contribution is 2.33. The van der Waals surface area contributed by atoms with E-state index in [4.69, 9.17) is 21.1 Å². The molecule has 0 unspecified atom stereocenters. The van der Waals surface area contributed by atoms with Gasteiger partial charge in [0, 0.05) is 0 Å². The molecule has 1 aromatic heterocycles. The van der Waals surface area contributed by atoms with E-state index < -0.39 is 10.6 Å². The van der Waals surface area contributed by atoms with Gasteiger partial charge in [0.1, 0.15) is 24.4 Å². The van der Waals surface area contributed by atoms with Gasteiger partial charge in [-0.05, 0) is 29.8 Å². The van der Waals surface area contributed by atoms with Crippen molar-refractivity contribution in [3.8, 4) is 17.4 Å². The van der Waals surface area contributed by atoms with Crippen molar-refractivity contribution in [3.63, 3.8) is 0 Å². The molecule has 0 aliphatic heterocycles. The Hall–Kier alpha value is -3.19. The van der Waals surface area contributed by atoms with Crippen LogP contribution in [0, 0.1) is 10.1 Å². The number of ether oxygens (including phenoxy) is 2. The molecule has 126 valence electrons. The Morgan fingerprint density at radius 2 is 1.68 bits per heavy atom. The normalized spacial score (nSPS) is 10.3. The molecule has 1 heterocycles. The number of benzene rings is 2. The summed E-state index contributed by atoms with van der Waals surface area (Å²) in [6.45, 7) is 0.439. The fourth-order valence-electron chi connectivity index (χ4n) is 2.03. The Morgan fingerprint density at radius 3 is 2.36 bits per heavy atom. The number of aromatic nitrogens is 2. The maximum absolute atomic E-state index is 11.0. The zero-order chi connectivity index (χ0) is 17.6. The maximum Gasteiger partial charge on any atom is 0.368 e. The van der Waals surface area contributed by atoms with Crippen LogP contribution in [0.15, 0.2) is 60.9 Å². The molecular weight excluding hydrogens is 346 g/mol. The summed E-state index contributed by atoms with van der Waals surface area (Å²) in [5.74, 6) is 0.791. The lowest BCUT2D eigenvalue weighted by Crippen LogP contribution is -1.98. The largest absolute Gasteiger partial charge is 0.489 e.